The lowest BCUT2D eigenvalue weighted by Crippen LogP contribution is -2.41. The standard InChI is InChI=1S/C23H30FN3O3S/c1-17-6-5-13-26(15-17)21-11-9-19(10-12-21)18(2)25-23(28)16-27(31(3,29)30)22-8-4-7-20(24)14-22/h4,7-12,14,17-18H,5-6,13,15-16H2,1-3H3,(H,25,28)/t17-,18+/m1/s1. The number of anilines is 2. The van der Waals surface area contributed by atoms with Crippen molar-refractivity contribution in [1.82, 2.24) is 5.32 Å². The number of carbonyl (C=O) groups is 1. The monoisotopic (exact) mass is 447 g/mol. The second kappa shape index (κ2) is 9.68. The molecule has 1 fully saturated rings. The molecule has 8 heteroatoms. The number of carbonyl (C=O) groups excluding carboxylic acids is 1. The van der Waals surface area contributed by atoms with E-state index in [4.69, 9.17) is 0 Å². The van der Waals surface area contributed by atoms with Crippen molar-refractivity contribution >= 4 is 27.3 Å². The molecule has 1 N–H and O–H groups in total. The van der Waals surface area contributed by atoms with Crippen LogP contribution in [0.3, 0.4) is 0 Å². The highest BCUT2D eigenvalue weighted by atomic mass is 32.2. The molecule has 1 amide bonds. The molecule has 2 aromatic carbocycles. The SMILES string of the molecule is C[C@@H]1CCCN(c2ccc([C@H](C)NC(=O)CN(c3cccc(F)c3)S(C)(=O)=O)cc2)C1. The van der Waals surface area contributed by atoms with E-state index in [1.54, 1.807) is 0 Å². The first-order chi connectivity index (χ1) is 14.6. The van der Waals surface area contributed by atoms with E-state index in [1.165, 1.54) is 36.7 Å². The van der Waals surface area contributed by atoms with Crippen LogP contribution in [0.4, 0.5) is 15.8 Å². The van der Waals surface area contributed by atoms with Gasteiger partial charge in [-0.15, -0.1) is 0 Å². The van der Waals surface area contributed by atoms with E-state index in [0.717, 1.165) is 35.3 Å². The molecule has 0 saturated carbocycles. The van der Waals surface area contributed by atoms with Crippen molar-refractivity contribution in [2.45, 2.75) is 32.7 Å². The third kappa shape index (κ3) is 6.19. The van der Waals surface area contributed by atoms with Crippen LogP contribution in [-0.2, 0) is 14.8 Å². The zero-order chi connectivity index (χ0) is 22.6. The van der Waals surface area contributed by atoms with E-state index in [0.29, 0.717) is 5.92 Å². The van der Waals surface area contributed by atoms with Crippen molar-refractivity contribution < 1.29 is 17.6 Å². The number of piperidine rings is 1. The number of nitrogens with one attached hydrogen (secondary N) is 1. The van der Waals surface area contributed by atoms with Crippen molar-refractivity contribution in [3.8, 4) is 0 Å². The van der Waals surface area contributed by atoms with Gasteiger partial charge in [-0.25, -0.2) is 12.8 Å². The maximum absolute atomic E-state index is 13.5. The number of sulfonamides is 1. The van der Waals surface area contributed by atoms with Crippen LogP contribution in [0.25, 0.3) is 0 Å². The maximum Gasteiger partial charge on any atom is 0.241 e. The lowest BCUT2D eigenvalue weighted by atomic mass is 9.99. The van der Waals surface area contributed by atoms with Crippen molar-refractivity contribution in [2.75, 3.05) is 35.1 Å². The number of rotatable bonds is 7. The Kier molecular flexibility index (Phi) is 7.20. The summed E-state index contributed by atoms with van der Waals surface area (Å²) in [6.45, 7) is 5.80. The average Bonchev–Trinajstić information content (AvgIpc) is 2.71. The van der Waals surface area contributed by atoms with Crippen LogP contribution in [0.1, 0.15) is 38.3 Å². The van der Waals surface area contributed by atoms with E-state index in [9.17, 15) is 17.6 Å². The topological polar surface area (TPSA) is 69.7 Å². The lowest BCUT2D eigenvalue weighted by Gasteiger charge is -2.33. The van der Waals surface area contributed by atoms with Gasteiger partial charge >= 0.3 is 0 Å². The minimum absolute atomic E-state index is 0.116. The summed E-state index contributed by atoms with van der Waals surface area (Å²) < 4.78 is 38.8. The highest BCUT2D eigenvalue weighted by Crippen LogP contribution is 2.25. The molecule has 3 rings (SSSR count). The molecule has 1 aliphatic heterocycles. The Balaban J connectivity index is 1.65. The summed E-state index contributed by atoms with van der Waals surface area (Å²) >= 11 is 0. The van der Waals surface area contributed by atoms with Crippen LogP contribution in [0.2, 0.25) is 0 Å². The Hall–Kier alpha value is -2.61. The second-order valence-electron chi connectivity index (χ2n) is 8.32. The molecule has 0 spiro atoms. The van der Waals surface area contributed by atoms with Gasteiger partial charge in [0.05, 0.1) is 18.0 Å². The van der Waals surface area contributed by atoms with Crippen LogP contribution in [-0.4, -0.2) is 40.2 Å². The van der Waals surface area contributed by atoms with E-state index in [-0.39, 0.29) is 11.7 Å². The van der Waals surface area contributed by atoms with Gasteiger partial charge in [-0.3, -0.25) is 9.10 Å². The number of benzene rings is 2. The summed E-state index contributed by atoms with van der Waals surface area (Å²) in [5.41, 5.74) is 2.22. The Morgan fingerprint density at radius 3 is 2.58 bits per heavy atom. The number of amides is 1. The lowest BCUT2D eigenvalue weighted by molar-refractivity contribution is -0.120. The number of hydrogen-bond donors (Lipinski definition) is 1. The molecule has 1 heterocycles. The Bertz CT molecular complexity index is 1010. The van der Waals surface area contributed by atoms with Gasteiger partial charge in [-0.2, -0.15) is 0 Å². The fourth-order valence-electron chi connectivity index (χ4n) is 3.93. The summed E-state index contributed by atoms with van der Waals surface area (Å²) in [5, 5.41) is 2.84. The van der Waals surface area contributed by atoms with Gasteiger partial charge in [0.15, 0.2) is 0 Å². The van der Waals surface area contributed by atoms with Crippen molar-refractivity contribution in [3.05, 3.63) is 59.9 Å². The summed E-state index contributed by atoms with van der Waals surface area (Å²) in [7, 11) is -3.75. The Labute approximate surface area is 184 Å². The van der Waals surface area contributed by atoms with Crippen LogP contribution in [0, 0.1) is 11.7 Å². The summed E-state index contributed by atoms with van der Waals surface area (Å²) in [5.74, 6) is -0.346. The fraction of sp³-hybridized carbons (Fsp3) is 0.435. The van der Waals surface area contributed by atoms with Crippen molar-refractivity contribution in [1.29, 1.82) is 0 Å². The fourth-order valence-corrected chi connectivity index (χ4v) is 4.78. The zero-order valence-electron chi connectivity index (χ0n) is 18.2. The first-order valence-corrected chi connectivity index (χ1v) is 12.4. The Morgan fingerprint density at radius 2 is 1.97 bits per heavy atom. The zero-order valence-corrected chi connectivity index (χ0v) is 19.0. The molecule has 2 aromatic rings. The van der Waals surface area contributed by atoms with Crippen molar-refractivity contribution in [3.63, 3.8) is 0 Å². The third-order valence-corrected chi connectivity index (χ3v) is 6.72. The van der Waals surface area contributed by atoms with E-state index < -0.39 is 28.3 Å². The Morgan fingerprint density at radius 1 is 1.26 bits per heavy atom. The molecule has 6 nitrogen and oxygen atoms in total. The molecule has 1 aliphatic rings. The van der Waals surface area contributed by atoms with Gasteiger partial charge in [0.2, 0.25) is 15.9 Å². The molecule has 0 unspecified atom stereocenters. The van der Waals surface area contributed by atoms with Crippen LogP contribution in [0.5, 0.6) is 0 Å². The highest BCUT2D eigenvalue weighted by Gasteiger charge is 2.22. The predicted molar refractivity (Wildman–Crippen MR) is 122 cm³/mol. The van der Waals surface area contributed by atoms with E-state index >= 15 is 0 Å². The van der Waals surface area contributed by atoms with Gasteiger partial charge < -0.3 is 10.2 Å². The average molecular weight is 448 g/mol. The molecule has 2 atom stereocenters. The number of nitrogens with zero attached hydrogens (tertiary/aromatic N) is 2. The second-order valence-corrected chi connectivity index (χ2v) is 10.2. The molecule has 31 heavy (non-hydrogen) atoms. The molecule has 0 bridgehead atoms. The van der Waals surface area contributed by atoms with Crippen LogP contribution in [0.15, 0.2) is 48.5 Å². The van der Waals surface area contributed by atoms with E-state index in [1.807, 2.05) is 19.1 Å². The minimum atomic E-state index is -3.75. The summed E-state index contributed by atoms with van der Waals surface area (Å²) in [6, 6.07) is 13.0. The van der Waals surface area contributed by atoms with Gasteiger partial charge in [0.25, 0.3) is 0 Å². The van der Waals surface area contributed by atoms with Gasteiger partial charge in [0, 0.05) is 18.8 Å². The third-order valence-electron chi connectivity index (χ3n) is 5.58. The minimum Gasteiger partial charge on any atom is -0.371 e. The molecule has 0 aliphatic carbocycles. The predicted octanol–water partition coefficient (Wildman–Crippen LogP) is 3.71. The first kappa shape index (κ1) is 23.1. The van der Waals surface area contributed by atoms with Gasteiger partial charge in [-0.1, -0.05) is 25.1 Å². The van der Waals surface area contributed by atoms with E-state index in [2.05, 4.69) is 29.3 Å². The first-order valence-electron chi connectivity index (χ1n) is 10.5. The molecule has 1 saturated heterocycles. The molecular weight excluding hydrogens is 417 g/mol. The number of hydrogen-bond acceptors (Lipinski definition) is 4. The highest BCUT2D eigenvalue weighted by molar-refractivity contribution is 7.92. The van der Waals surface area contributed by atoms with Crippen LogP contribution >= 0.6 is 0 Å². The molecule has 168 valence electrons. The largest absolute Gasteiger partial charge is 0.371 e. The van der Waals surface area contributed by atoms with Crippen molar-refractivity contribution in [2.24, 2.45) is 5.92 Å². The van der Waals surface area contributed by atoms with Gasteiger partial charge in [0.1, 0.15) is 12.4 Å². The summed E-state index contributed by atoms with van der Waals surface area (Å²) in [4.78, 5) is 15.0. The quantitative estimate of drug-likeness (QED) is 0.703. The molecule has 0 aromatic heterocycles. The number of halogens is 1. The normalized spacial score (nSPS) is 17.8. The smallest absolute Gasteiger partial charge is 0.241 e. The van der Waals surface area contributed by atoms with Gasteiger partial charge in [-0.05, 0) is 61.6 Å². The maximum atomic E-state index is 13.5. The molecule has 0 radical (unpaired) electrons. The molecular formula is C23H30FN3O3S. The van der Waals surface area contributed by atoms with Crippen LogP contribution < -0.4 is 14.5 Å². The summed E-state index contributed by atoms with van der Waals surface area (Å²) in [6.07, 6.45) is 3.45.